The summed E-state index contributed by atoms with van der Waals surface area (Å²) in [6.07, 6.45) is 0.980. The number of aromatic nitrogens is 2. The molecule has 1 aromatic heterocycles. The number of hydrogen-bond acceptors (Lipinski definition) is 2. The topological polar surface area (TPSA) is 66.6 Å². The molecule has 0 amide bonds. The van der Waals surface area contributed by atoms with Crippen LogP contribution in [0.1, 0.15) is 13.3 Å². The molecule has 0 unspecified atom stereocenters. The van der Waals surface area contributed by atoms with E-state index in [1.54, 1.807) is 0 Å². The number of azide groups is 1. The van der Waals surface area contributed by atoms with Gasteiger partial charge in [-0.2, -0.15) is 0 Å². The molecule has 0 aliphatic carbocycles. The van der Waals surface area contributed by atoms with Gasteiger partial charge in [-0.15, -0.1) is 0 Å². The van der Waals surface area contributed by atoms with E-state index < -0.39 is 0 Å². The number of nitrogens with zero attached hydrogens (tertiary/aromatic N) is 5. The molecule has 76 valence electrons. The minimum atomic E-state index is 0.445. The molecule has 2 aromatic rings. The molecule has 0 aliphatic rings. The normalized spacial score (nSPS) is 10.2. The number of benzene rings is 1. The fourth-order valence-corrected chi connectivity index (χ4v) is 1.62. The summed E-state index contributed by atoms with van der Waals surface area (Å²) in [5.41, 5.74) is 10.3. The van der Waals surface area contributed by atoms with E-state index in [1.807, 2.05) is 28.8 Å². The first kappa shape index (κ1) is 9.55. The summed E-state index contributed by atoms with van der Waals surface area (Å²) in [6, 6.07) is 7.77. The third-order valence-corrected chi connectivity index (χ3v) is 2.22. The van der Waals surface area contributed by atoms with Crippen LogP contribution in [0, 0.1) is 0 Å². The van der Waals surface area contributed by atoms with Crippen LogP contribution in [0.25, 0.3) is 21.5 Å². The predicted molar refractivity (Wildman–Crippen MR) is 58.8 cm³/mol. The Morgan fingerprint density at radius 3 is 3.00 bits per heavy atom. The third kappa shape index (κ3) is 1.65. The minimum absolute atomic E-state index is 0.445. The Hall–Kier alpha value is -2.00. The Labute approximate surface area is 87.0 Å². The summed E-state index contributed by atoms with van der Waals surface area (Å²) in [7, 11) is 0. The lowest BCUT2D eigenvalue weighted by Gasteiger charge is -2.02. The summed E-state index contributed by atoms with van der Waals surface area (Å²) in [5, 5.41) is 3.59. The number of aryl methyl sites for hydroxylation is 1. The van der Waals surface area contributed by atoms with Crippen molar-refractivity contribution in [3.05, 3.63) is 34.7 Å². The molecule has 5 nitrogen and oxygen atoms in total. The van der Waals surface area contributed by atoms with E-state index in [0.29, 0.717) is 5.95 Å². The molecule has 0 atom stereocenters. The van der Waals surface area contributed by atoms with E-state index in [4.69, 9.17) is 5.53 Å². The average molecular weight is 201 g/mol. The Kier molecular flexibility index (Phi) is 2.56. The van der Waals surface area contributed by atoms with Gasteiger partial charge >= 0.3 is 0 Å². The molecule has 0 aliphatic heterocycles. The molecule has 0 spiro atoms. The first-order valence-corrected chi connectivity index (χ1v) is 4.87. The smallest absolute Gasteiger partial charge is 0.197 e. The zero-order valence-corrected chi connectivity index (χ0v) is 8.46. The van der Waals surface area contributed by atoms with Gasteiger partial charge in [0, 0.05) is 11.5 Å². The van der Waals surface area contributed by atoms with Crippen LogP contribution >= 0.6 is 0 Å². The van der Waals surface area contributed by atoms with Crippen molar-refractivity contribution in [1.82, 2.24) is 9.55 Å². The highest BCUT2D eigenvalue weighted by atomic mass is 15.3. The molecule has 15 heavy (non-hydrogen) atoms. The van der Waals surface area contributed by atoms with E-state index in [1.165, 1.54) is 0 Å². The number of rotatable bonds is 3. The van der Waals surface area contributed by atoms with E-state index in [9.17, 15) is 0 Å². The first-order valence-electron chi connectivity index (χ1n) is 4.87. The van der Waals surface area contributed by atoms with Crippen LogP contribution in [-0.4, -0.2) is 9.55 Å². The van der Waals surface area contributed by atoms with Gasteiger partial charge in [0.15, 0.2) is 5.95 Å². The molecule has 0 radical (unpaired) electrons. The zero-order valence-electron chi connectivity index (χ0n) is 8.46. The lowest BCUT2D eigenvalue weighted by atomic mass is 10.3. The summed E-state index contributed by atoms with van der Waals surface area (Å²) >= 11 is 0. The molecule has 0 bridgehead atoms. The molecule has 5 heteroatoms. The average Bonchev–Trinajstić information content (AvgIpc) is 2.59. The van der Waals surface area contributed by atoms with Crippen LogP contribution in [0.4, 0.5) is 5.95 Å². The highest BCUT2D eigenvalue weighted by molar-refractivity contribution is 5.77. The Bertz CT molecular complexity index is 522. The van der Waals surface area contributed by atoms with Crippen LogP contribution in [0.5, 0.6) is 0 Å². The van der Waals surface area contributed by atoms with E-state index in [2.05, 4.69) is 21.9 Å². The van der Waals surface area contributed by atoms with Crippen LogP contribution in [0.3, 0.4) is 0 Å². The van der Waals surface area contributed by atoms with Gasteiger partial charge in [-0.1, -0.05) is 19.1 Å². The second-order valence-corrected chi connectivity index (χ2v) is 3.24. The summed E-state index contributed by atoms with van der Waals surface area (Å²) in [6.45, 7) is 2.89. The Balaban J connectivity index is 2.68. The van der Waals surface area contributed by atoms with Gasteiger partial charge in [0.05, 0.1) is 11.0 Å². The predicted octanol–water partition coefficient (Wildman–Crippen LogP) is 3.39. The van der Waals surface area contributed by atoms with Crippen molar-refractivity contribution >= 4 is 17.0 Å². The molecule has 0 N–H and O–H groups in total. The maximum Gasteiger partial charge on any atom is 0.197 e. The van der Waals surface area contributed by atoms with Crippen molar-refractivity contribution < 1.29 is 0 Å². The second kappa shape index (κ2) is 4.02. The van der Waals surface area contributed by atoms with Crippen molar-refractivity contribution in [2.24, 2.45) is 5.11 Å². The zero-order chi connectivity index (χ0) is 10.7. The van der Waals surface area contributed by atoms with Crippen LogP contribution in [0.15, 0.2) is 29.4 Å². The Morgan fingerprint density at radius 1 is 1.47 bits per heavy atom. The fraction of sp³-hybridized carbons (Fsp3) is 0.300. The van der Waals surface area contributed by atoms with E-state index >= 15 is 0 Å². The Morgan fingerprint density at radius 2 is 2.27 bits per heavy atom. The maximum absolute atomic E-state index is 8.44. The summed E-state index contributed by atoms with van der Waals surface area (Å²) < 4.78 is 1.94. The minimum Gasteiger partial charge on any atom is -0.323 e. The molecule has 0 saturated carbocycles. The second-order valence-electron chi connectivity index (χ2n) is 3.24. The molecular formula is C10H11N5. The monoisotopic (exact) mass is 201 g/mol. The highest BCUT2D eigenvalue weighted by Crippen LogP contribution is 2.21. The van der Waals surface area contributed by atoms with Crippen LogP contribution < -0.4 is 0 Å². The maximum atomic E-state index is 8.44. The molecule has 0 fully saturated rings. The standard InChI is InChI=1S/C10H11N5/c1-2-7-15-9-6-4-3-5-8(9)12-10(15)13-14-11/h3-6H,2,7H2,1H3. The molecule has 1 aromatic carbocycles. The summed E-state index contributed by atoms with van der Waals surface area (Å²) in [4.78, 5) is 7.05. The molecule has 0 saturated heterocycles. The largest absolute Gasteiger partial charge is 0.323 e. The fourth-order valence-electron chi connectivity index (χ4n) is 1.62. The van der Waals surface area contributed by atoms with Gasteiger partial charge in [-0.3, -0.25) is 0 Å². The number of imidazole rings is 1. The number of hydrogen-bond donors (Lipinski definition) is 0. The van der Waals surface area contributed by atoms with E-state index in [0.717, 1.165) is 24.0 Å². The number of fused-ring (bicyclic) bond motifs is 1. The van der Waals surface area contributed by atoms with Crippen molar-refractivity contribution in [3.63, 3.8) is 0 Å². The van der Waals surface area contributed by atoms with Crippen molar-refractivity contribution in [2.75, 3.05) is 0 Å². The first-order chi connectivity index (χ1) is 7.36. The summed E-state index contributed by atoms with van der Waals surface area (Å²) in [5.74, 6) is 0.445. The van der Waals surface area contributed by atoms with E-state index in [-0.39, 0.29) is 0 Å². The van der Waals surface area contributed by atoms with Gasteiger partial charge in [-0.05, 0) is 29.2 Å². The van der Waals surface area contributed by atoms with Gasteiger partial charge < -0.3 is 4.57 Å². The van der Waals surface area contributed by atoms with Gasteiger partial charge in [0.25, 0.3) is 0 Å². The number of para-hydroxylation sites is 2. The van der Waals surface area contributed by atoms with Gasteiger partial charge in [0.2, 0.25) is 0 Å². The lowest BCUT2D eigenvalue weighted by molar-refractivity contribution is 0.700. The van der Waals surface area contributed by atoms with Gasteiger partial charge in [0.1, 0.15) is 0 Å². The third-order valence-electron chi connectivity index (χ3n) is 2.22. The van der Waals surface area contributed by atoms with Crippen LogP contribution in [0.2, 0.25) is 0 Å². The molecule has 2 rings (SSSR count). The van der Waals surface area contributed by atoms with Crippen molar-refractivity contribution in [2.45, 2.75) is 19.9 Å². The van der Waals surface area contributed by atoms with Gasteiger partial charge in [-0.25, -0.2) is 4.98 Å². The highest BCUT2D eigenvalue weighted by Gasteiger charge is 2.06. The molecule has 1 heterocycles. The van der Waals surface area contributed by atoms with Crippen molar-refractivity contribution in [3.8, 4) is 0 Å². The SMILES string of the molecule is CCCn1c(N=[N+]=[N-])nc2ccccc21. The van der Waals surface area contributed by atoms with Crippen LogP contribution in [-0.2, 0) is 6.54 Å². The lowest BCUT2D eigenvalue weighted by Crippen LogP contribution is -1.94. The molecular weight excluding hydrogens is 190 g/mol. The van der Waals surface area contributed by atoms with Crippen molar-refractivity contribution in [1.29, 1.82) is 0 Å². The quantitative estimate of drug-likeness (QED) is 0.426.